The number of nitrogens with zero attached hydrogens (tertiary/aromatic N) is 6. The zero-order valence-electron chi connectivity index (χ0n) is 24.7. The molecule has 0 spiro atoms. The molecule has 6 aromatic rings. The molecule has 0 amide bonds. The second-order valence-corrected chi connectivity index (χ2v) is 13.2. The molecule has 7 heteroatoms. The summed E-state index contributed by atoms with van der Waals surface area (Å²) in [6.07, 6.45) is 6.79. The van der Waals surface area contributed by atoms with Crippen molar-refractivity contribution in [3.63, 3.8) is 0 Å². The van der Waals surface area contributed by atoms with Crippen molar-refractivity contribution in [1.29, 1.82) is 0 Å². The third-order valence-electron chi connectivity index (χ3n) is 6.81. The summed E-state index contributed by atoms with van der Waals surface area (Å²) in [5, 5.41) is 12.9. The molecule has 2 aromatic carbocycles. The van der Waals surface area contributed by atoms with E-state index in [1.54, 1.807) is 6.20 Å². The van der Waals surface area contributed by atoms with E-state index in [2.05, 4.69) is 118 Å². The summed E-state index contributed by atoms with van der Waals surface area (Å²) < 4.78 is 0. The fraction of sp³-hybridized carbons (Fsp3) is 0.364. The van der Waals surface area contributed by atoms with E-state index in [1.807, 2.05) is 24.4 Å². The predicted molar refractivity (Wildman–Crippen MR) is 160 cm³/mol. The van der Waals surface area contributed by atoms with E-state index < -0.39 is 0 Å². The van der Waals surface area contributed by atoms with Gasteiger partial charge in [-0.15, -0.1) is 0 Å². The Morgan fingerprint density at radius 2 is 1.40 bits per heavy atom. The largest absolute Gasteiger partial charge is 2.00 e. The first-order valence-electron chi connectivity index (χ1n) is 13.4. The minimum atomic E-state index is -0.0916. The third-order valence-corrected chi connectivity index (χ3v) is 6.81. The van der Waals surface area contributed by atoms with Gasteiger partial charge in [0, 0.05) is 29.3 Å². The van der Waals surface area contributed by atoms with Gasteiger partial charge in [-0.25, -0.2) is 0 Å². The van der Waals surface area contributed by atoms with Crippen LogP contribution in [0.1, 0.15) is 79.4 Å². The minimum absolute atomic E-state index is 0. The van der Waals surface area contributed by atoms with Crippen molar-refractivity contribution in [2.75, 3.05) is 0 Å². The van der Waals surface area contributed by atoms with Gasteiger partial charge >= 0.3 is 21.1 Å². The van der Waals surface area contributed by atoms with Gasteiger partial charge in [-0.2, -0.15) is 0 Å². The van der Waals surface area contributed by atoms with Gasteiger partial charge in [-0.3, -0.25) is 4.98 Å². The van der Waals surface area contributed by atoms with E-state index in [9.17, 15) is 0 Å². The van der Waals surface area contributed by atoms with Crippen molar-refractivity contribution in [2.24, 2.45) is 0 Å². The topological polar surface area (TPSA) is 78.5 Å². The van der Waals surface area contributed by atoms with Gasteiger partial charge in [0.1, 0.15) is 0 Å². The van der Waals surface area contributed by atoms with E-state index >= 15 is 0 Å². The molecule has 0 bridgehead atoms. The predicted octanol–water partition coefficient (Wildman–Crippen LogP) is 7.61. The van der Waals surface area contributed by atoms with Crippen LogP contribution in [-0.4, -0.2) is 25.0 Å². The summed E-state index contributed by atoms with van der Waals surface area (Å²) in [7, 11) is 0. The fourth-order valence-corrected chi connectivity index (χ4v) is 4.76. The van der Waals surface area contributed by atoms with Crippen molar-refractivity contribution in [3.05, 3.63) is 78.1 Å². The van der Waals surface area contributed by atoms with Gasteiger partial charge in [0.05, 0.1) is 5.52 Å². The summed E-state index contributed by atoms with van der Waals surface area (Å²) in [6, 6.07) is 14.4. The maximum absolute atomic E-state index is 4.79. The molecular formula is C33H36N6Pt. The van der Waals surface area contributed by atoms with Gasteiger partial charge in [0.25, 0.3) is 0 Å². The molecule has 0 atom stereocenters. The van der Waals surface area contributed by atoms with Crippen molar-refractivity contribution >= 4 is 43.6 Å². The van der Waals surface area contributed by atoms with Gasteiger partial charge in [0.2, 0.25) is 0 Å². The summed E-state index contributed by atoms with van der Waals surface area (Å²) >= 11 is 0. The SMILES string of the molecule is CC(C)(C)c1n[c-]c2c(cc(C(C)(C)C)c3cccnc32)n1.CC(C)(C)c1n[n-]c2c1ccc1cccnc12.[Pt+2]. The Balaban J connectivity index is 0.000000186. The zero-order valence-corrected chi connectivity index (χ0v) is 27.0. The van der Waals surface area contributed by atoms with Gasteiger partial charge in [0.15, 0.2) is 0 Å². The molecule has 4 heterocycles. The molecule has 0 saturated carbocycles. The molecule has 0 aliphatic heterocycles. The molecule has 0 aliphatic carbocycles. The Morgan fingerprint density at radius 1 is 0.725 bits per heavy atom. The van der Waals surface area contributed by atoms with Crippen LogP contribution in [-0.2, 0) is 37.3 Å². The average molecular weight is 712 g/mol. The standard InChI is InChI=1S/C19H22N3.C14H14N3.Pt/c1-18(2,3)14-10-15-13(16-12(14)8-7-9-20-16)11-21-17(22-15)19(4,5)6;1-14(2,3)13-10-7-6-9-5-4-8-15-11(9)12(10)16-17-13;/h7-10H,1-6H3;4-8H,1-3H3;/q2*-1;+2. The fourth-order valence-electron chi connectivity index (χ4n) is 4.76. The molecule has 0 aliphatic rings. The van der Waals surface area contributed by atoms with Crippen molar-refractivity contribution in [1.82, 2.24) is 30.1 Å². The van der Waals surface area contributed by atoms with Gasteiger partial charge < -0.3 is 25.1 Å². The number of aromatic nitrogens is 6. The van der Waals surface area contributed by atoms with E-state index in [1.165, 1.54) is 5.56 Å². The number of rotatable bonds is 0. The second kappa shape index (κ2) is 10.6. The maximum atomic E-state index is 4.79. The second-order valence-electron chi connectivity index (χ2n) is 13.2. The van der Waals surface area contributed by atoms with E-state index in [4.69, 9.17) is 4.98 Å². The van der Waals surface area contributed by atoms with Crippen LogP contribution in [0.3, 0.4) is 0 Å². The van der Waals surface area contributed by atoms with Crippen LogP contribution in [0, 0.1) is 6.20 Å². The molecule has 4 aromatic heterocycles. The molecule has 0 N–H and O–H groups in total. The first-order chi connectivity index (χ1) is 18.2. The third kappa shape index (κ3) is 5.65. The first-order valence-corrected chi connectivity index (χ1v) is 13.4. The van der Waals surface area contributed by atoms with E-state index in [0.29, 0.717) is 0 Å². The summed E-state index contributed by atoms with van der Waals surface area (Å²) in [6.45, 7) is 19.5. The van der Waals surface area contributed by atoms with Gasteiger partial charge in [-0.1, -0.05) is 104 Å². The number of hydrogen-bond donors (Lipinski definition) is 0. The summed E-state index contributed by atoms with van der Waals surface area (Å²) in [5.41, 5.74) is 5.96. The Hall–Kier alpha value is -3.24. The molecule has 6 rings (SSSR count). The molecule has 0 radical (unpaired) electrons. The number of hydrogen-bond acceptors (Lipinski definition) is 5. The molecule has 6 nitrogen and oxygen atoms in total. The number of fused-ring (bicyclic) bond motifs is 6. The molecule has 0 unspecified atom stereocenters. The monoisotopic (exact) mass is 711 g/mol. The molecule has 208 valence electrons. The Morgan fingerprint density at radius 3 is 2.05 bits per heavy atom. The van der Waals surface area contributed by atoms with Crippen LogP contribution in [0.15, 0.2) is 54.9 Å². The van der Waals surface area contributed by atoms with Crippen LogP contribution in [0.25, 0.3) is 43.6 Å². The first kappa shape index (κ1) is 29.7. The van der Waals surface area contributed by atoms with Crippen molar-refractivity contribution in [2.45, 2.75) is 78.6 Å². The molecule has 40 heavy (non-hydrogen) atoms. The Bertz CT molecular complexity index is 1820. The van der Waals surface area contributed by atoms with Gasteiger partial charge in [-0.05, 0) is 61.9 Å². The average Bonchev–Trinajstić information content (AvgIpc) is 3.33. The van der Waals surface area contributed by atoms with E-state index in [-0.39, 0.29) is 37.3 Å². The van der Waals surface area contributed by atoms with Crippen LogP contribution in [0.4, 0.5) is 0 Å². The summed E-state index contributed by atoms with van der Waals surface area (Å²) in [4.78, 5) is 18.2. The zero-order chi connectivity index (χ0) is 28.2. The minimum Gasteiger partial charge on any atom is -0.573 e. The molecule has 0 saturated heterocycles. The number of pyridine rings is 2. The van der Waals surface area contributed by atoms with Crippen molar-refractivity contribution < 1.29 is 21.1 Å². The van der Waals surface area contributed by atoms with Crippen LogP contribution >= 0.6 is 0 Å². The van der Waals surface area contributed by atoms with Crippen LogP contribution < -0.4 is 5.10 Å². The Labute approximate surface area is 250 Å². The quantitative estimate of drug-likeness (QED) is 0.119. The molecular weight excluding hydrogens is 675 g/mol. The van der Waals surface area contributed by atoms with Crippen LogP contribution in [0.2, 0.25) is 0 Å². The van der Waals surface area contributed by atoms with Crippen LogP contribution in [0.5, 0.6) is 0 Å². The van der Waals surface area contributed by atoms with Crippen molar-refractivity contribution in [3.8, 4) is 0 Å². The normalized spacial score (nSPS) is 12.4. The Kier molecular flexibility index (Phi) is 7.90. The summed E-state index contributed by atoms with van der Waals surface area (Å²) in [5.74, 6) is 0.815. The molecule has 0 fully saturated rings. The number of benzene rings is 2. The smallest absolute Gasteiger partial charge is 0.573 e. The van der Waals surface area contributed by atoms with E-state index in [0.717, 1.165) is 55.1 Å². The maximum Gasteiger partial charge on any atom is 2.00 e.